The van der Waals surface area contributed by atoms with Crippen LogP contribution in [0.1, 0.15) is 31.9 Å². The van der Waals surface area contributed by atoms with Crippen molar-refractivity contribution < 1.29 is 31.2 Å². The number of hydrogen-bond acceptors (Lipinski definition) is 6. The molecule has 164 valence electrons. The SMILES string of the molecule is C[C@@H](Nc1nnc(-c2ccc(C(F)(F)F)[nH]c2=O)o1)C(=O)N1CCCC(F)(F)CC1. The van der Waals surface area contributed by atoms with Gasteiger partial charge in [0.1, 0.15) is 17.3 Å². The number of carbonyl (C=O) groups excluding carboxylic acids is 1. The lowest BCUT2D eigenvalue weighted by molar-refractivity contribution is -0.141. The van der Waals surface area contributed by atoms with Crippen molar-refractivity contribution in [2.24, 2.45) is 0 Å². The number of amides is 1. The molecular weight excluding hydrogens is 417 g/mol. The third-order valence-corrected chi connectivity index (χ3v) is 4.61. The van der Waals surface area contributed by atoms with Crippen molar-refractivity contribution in [3.05, 3.63) is 28.2 Å². The largest absolute Gasteiger partial charge is 0.431 e. The van der Waals surface area contributed by atoms with Gasteiger partial charge in [-0.15, -0.1) is 5.10 Å². The second-order valence-electron chi connectivity index (χ2n) is 6.93. The molecule has 3 rings (SSSR count). The van der Waals surface area contributed by atoms with Crippen molar-refractivity contribution in [1.29, 1.82) is 0 Å². The minimum absolute atomic E-state index is 0.0894. The van der Waals surface area contributed by atoms with Crippen molar-refractivity contribution in [1.82, 2.24) is 20.1 Å². The molecule has 0 saturated carbocycles. The molecule has 2 N–H and O–H groups in total. The molecule has 1 aliphatic rings. The molecule has 1 saturated heterocycles. The van der Waals surface area contributed by atoms with E-state index in [1.54, 1.807) is 4.98 Å². The Hall–Kier alpha value is -2.99. The lowest BCUT2D eigenvalue weighted by Gasteiger charge is -2.24. The Morgan fingerprint density at radius 3 is 2.67 bits per heavy atom. The summed E-state index contributed by atoms with van der Waals surface area (Å²) < 4.78 is 70.0. The van der Waals surface area contributed by atoms with Crippen molar-refractivity contribution in [3.8, 4) is 11.5 Å². The highest BCUT2D eigenvalue weighted by Crippen LogP contribution is 2.29. The van der Waals surface area contributed by atoms with Gasteiger partial charge in [-0.2, -0.15) is 13.2 Å². The predicted molar refractivity (Wildman–Crippen MR) is 93.8 cm³/mol. The third-order valence-electron chi connectivity index (χ3n) is 4.61. The van der Waals surface area contributed by atoms with Crippen LogP contribution < -0.4 is 10.9 Å². The standard InChI is InChI=1S/C17H18F5N5O3/c1-9(14(29)27-7-2-5-16(18,19)6-8-27)23-15-26-25-13(30-15)10-3-4-11(17(20,21)22)24-12(10)28/h3-4,9H,2,5-8H2,1H3,(H,23,26)(H,24,28)/t9-/m1/s1. The Morgan fingerprint density at radius 2 is 2.00 bits per heavy atom. The maximum Gasteiger partial charge on any atom is 0.431 e. The molecule has 1 amide bonds. The van der Waals surface area contributed by atoms with Crippen LogP contribution in [0.3, 0.4) is 0 Å². The van der Waals surface area contributed by atoms with Gasteiger partial charge in [-0.05, 0) is 25.5 Å². The van der Waals surface area contributed by atoms with Gasteiger partial charge in [0, 0.05) is 25.9 Å². The molecule has 0 radical (unpaired) electrons. The fourth-order valence-electron chi connectivity index (χ4n) is 3.00. The summed E-state index contributed by atoms with van der Waals surface area (Å²) >= 11 is 0. The zero-order chi connectivity index (χ0) is 22.1. The Labute approximate surface area is 166 Å². The van der Waals surface area contributed by atoms with Gasteiger partial charge >= 0.3 is 12.2 Å². The van der Waals surface area contributed by atoms with E-state index in [1.807, 2.05) is 0 Å². The minimum Gasteiger partial charge on any atom is -0.403 e. The molecule has 8 nitrogen and oxygen atoms in total. The van der Waals surface area contributed by atoms with Gasteiger partial charge in [-0.3, -0.25) is 9.59 Å². The van der Waals surface area contributed by atoms with Crippen LogP contribution in [-0.4, -0.2) is 51.0 Å². The molecule has 30 heavy (non-hydrogen) atoms. The number of halogens is 5. The molecule has 0 spiro atoms. The molecular formula is C17H18F5N5O3. The highest BCUT2D eigenvalue weighted by Gasteiger charge is 2.34. The first-order chi connectivity index (χ1) is 14.0. The molecule has 0 bridgehead atoms. The molecule has 3 heterocycles. The van der Waals surface area contributed by atoms with Gasteiger partial charge in [0.25, 0.3) is 11.4 Å². The van der Waals surface area contributed by atoms with Gasteiger partial charge < -0.3 is 19.6 Å². The van der Waals surface area contributed by atoms with E-state index >= 15 is 0 Å². The van der Waals surface area contributed by atoms with E-state index < -0.39 is 41.7 Å². The number of carbonyl (C=O) groups is 1. The summed E-state index contributed by atoms with van der Waals surface area (Å²) in [7, 11) is 0. The maximum atomic E-state index is 13.5. The number of aromatic amines is 1. The van der Waals surface area contributed by atoms with Crippen LogP contribution in [-0.2, 0) is 11.0 Å². The van der Waals surface area contributed by atoms with Crippen LogP contribution in [0.4, 0.5) is 28.0 Å². The number of nitrogens with zero attached hydrogens (tertiary/aromatic N) is 3. The van der Waals surface area contributed by atoms with Crippen LogP contribution in [0.25, 0.3) is 11.5 Å². The predicted octanol–water partition coefficient (Wildman–Crippen LogP) is 2.89. The first-order valence-corrected chi connectivity index (χ1v) is 9.04. The first kappa shape index (κ1) is 21.7. The number of anilines is 1. The van der Waals surface area contributed by atoms with E-state index in [2.05, 4.69) is 15.5 Å². The lowest BCUT2D eigenvalue weighted by Crippen LogP contribution is -2.42. The van der Waals surface area contributed by atoms with Crippen LogP contribution in [0, 0.1) is 0 Å². The average Bonchev–Trinajstić information content (AvgIpc) is 3.02. The highest BCUT2D eigenvalue weighted by atomic mass is 19.4. The summed E-state index contributed by atoms with van der Waals surface area (Å²) in [6, 6.07) is 0.418. The van der Waals surface area contributed by atoms with Gasteiger partial charge in [-0.25, -0.2) is 8.78 Å². The lowest BCUT2D eigenvalue weighted by atomic mass is 10.1. The topological polar surface area (TPSA) is 104 Å². The van der Waals surface area contributed by atoms with Crippen molar-refractivity contribution in [2.45, 2.75) is 44.3 Å². The fourth-order valence-corrected chi connectivity index (χ4v) is 3.00. The van der Waals surface area contributed by atoms with E-state index in [0.717, 1.165) is 6.07 Å². The van der Waals surface area contributed by atoms with Gasteiger partial charge in [0.2, 0.25) is 11.8 Å². The van der Waals surface area contributed by atoms with Gasteiger partial charge in [-0.1, -0.05) is 5.10 Å². The van der Waals surface area contributed by atoms with Gasteiger partial charge in [0.15, 0.2) is 0 Å². The summed E-state index contributed by atoms with van der Waals surface area (Å²) in [4.78, 5) is 27.4. The normalized spacial score (nSPS) is 18.0. The quantitative estimate of drug-likeness (QED) is 0.716. The zero-order valence-corrected chi connectivity index (χ0v) is 15.7. The number of nitrogens with one attached hydrogen (secondary N) is 2. The molecule has 0 unspecified atom stereocenters. The van der Waals surface area contributed by atoms with E-state index in [9.17, 15) is 31.5 Å². The minimum atomic E-state index is -4.72. The number of H-pyrrole nitrogens is 1. The average molecular weight is 435 g/mol. The number of hydrogen-bond donors (Lipinski definition) is 2. The Morgan fingerprint density at radius 1 is 1.27 bits per heavy atom. The summed E-state index contributed by atoms with van der Waals surface area (Å²) in [6.07, 6.45) is -5.25. The third kappa shape index (κ3) is 4.94. The summed E-state index contributed by atoms with van der Waals surface area (Å²) in [6.45, 7) is 1.57. The highest BCUT2D eigenvalue weighted by molar-refractivity contribution is 5.83. The number of pyridine rings is 1. The van der Waals surface area contributed by atoms with E-state index in [4.69, 9.17) is 4.42 Å². The number of aromatic nitrogens is 3. The summed E-state index contributed by atoms with van der Waals surface area (Å²) in [5.74, 6) is -3.59. The van der Waals surface area contributed by atoms with Crippen LogP contribution in [0.5, 0.6) is 0 Å². The van der Waals surface area contributed by atoms with Crippen molar-refractivity contribution >= 4 is 11.9 Å². The number of alkyl halides is 5. The zero-order valence-electron chi connectivity index (χ0n) is 15.7. The van der Waals surface area contributed by atoms with E-state index in [0.29, 0.717) is 6.07 Å². The van der Waals surface area contributed by atoms with Crippen molar-refractivity contribution in [2.75, 3.05) is 18.4 Å². The Kier molecular flexibility index (Phi) is 5.81. The summed E-state index contributed by atoms with van der Waals surface area (Å²) in [5.41, 5.74) is -2.58. The second-order valence-corrected chi connectivity index (χ2v) is 6.93. The maximum absolute atomic E-state index is 13.5. The second kappa shape index (κ2) is 8.03. The van der Waals surface area contributed by atoms with Crippen LogP contribution in [0.2, 0.25) is 0 Å². The molecule has 0 aliphatic carbocycles. The fraction of sp³-hybridized carbons (Fsp3) is 0.529. The Balaban J connectivity index is 1.68. The molecule has 2 aromatic rings. The molecule has 1 atom stereocenters. The molecule has 1 fully saturated rings. The monoisotopic (exact) mass is 435 g/mol. The van der Waals surface area contributed by atoms with Crippen molar-refractivity contribution in [3.63, 3.8) is 0 Å². The number of likely N-dealkylation sites (tertiary alicyclic amines) is 1. The molecule has 2 aromatic heterocycles. The first-order valence-electron chi connectivity index (χ1n) is 9.04. The van der Waals surface area contributed by atoms with Crippen LogP contribution >= 0.6 is 0 Å². The molecule has 13 heteroatoms. The van der Waals surface area contributed by atoms with E-state index in [1.165, 1.54) is 11.8 Å². The molecule has 1 aliphatic heterocycles. The molecule has 0 aromatic carbocycles. The summed E-state index contributed by atoms with van der Waals surface area (Å²) in [5, 5.41) is 9.83. The smallest absolute Gasteiger partial charge is 0.403 e. The van der Waals surface area contributed by atoms with E-state index in [-0.39, 0.29) is 43.4 Å². The number of rotatable bonds is 4. The van der Waals surface area contributed by atoms with Gasteiger partial charge in [0.05, 0.1) is 0 Å². The Bertz CT molecular complexity index is 971. The van der Waals surface area contributed by atoms with Crippen LogP contribution in [0.15, 0.2) is 21.3 Å².